The molecular weight excluding hydrogens is 389 g/mol. The lowest BCUT2D eigenvalue weighted by atomic mass is 10.1. The van der Waals surface area contributed by atoms with Crippen molar-refractivity contribution in [3.05, 3.63) is 58.1 Å². The minimum absolute atomic E-state index is 0.00646. The average Bonchev–Trinajstić information content (AvgIpc) is 2.65. The van der Waals surface area contributed by atoms with E-state index in [1.807, 2.05) is 13.0 Å². The molecule has 0 spiro atoms. The first-order valence-electron chi connectivity index (χ1n) is 8.61. The molecular formula is C20H21Cl2NO4. The number of halogens is 2. The molecule has 27 heavy (non-hydrogen) atoms. The number of anilines is 2. The molecule has 0 aliphatic carbocycles. The average molecular weight is 410 g/mol. The van der Waals surface area contributed by atoms with Gasteiger partial charge < -0.3 is 14.8 Å². The van der Waals surface area contributed by atoms with Crippen LogP contribution in [0.4, 0.5) is 11.4 Å². The fraction of sp³-hybridized carbons (Fsp3) is 0.300. The predicted octanol–water partition coefficient (Wildman–Crippen LogP) is 5.17. The van der Waals surface area contributed by atoms with E-state index in [2.05, 4.69) is 5.32 Å². The molecule has 0 unspecified atom stereocenters. The topological polar surface area (TPSA) is 64.6 Å². The van der Waals surface area contributed by atoms with E-state index >= 15 is 0 Å². The molecule has 1 N–H and O–H groups in total. The standard InChI is InChI=1S/C20H21Cl2NO4/c1-2-3-11-26-19(25)13-27-18(24)12-14-7-4-5-10-17(14)23-20-15(21)8-6-9-16(20)22/h4-10,23H,2-3,11-13H2,1H3. The van der Waals surface area contributed by atoms with Crippen molar-refractivity contribution in [2.45, 2.75) is 26.2 Å². The number of benzene rings is 2. The molecule has 0 bridgehead atoms. The molecule has 2 aromatic rings. The zero-order valence-electron chi connectivity index (χ0n) is 15.0. The SMILES string of the molecule is CCCCOC(=O)COC(=O)Cc1ccccc1Nc1c(Cl)cccc1Cl. The van der Waals surface area contributed by atoms with Crippen LogP contribution >= 0.6 is 23.2 Å². The number of para-hydroxylation sites is 2. The Morgan fingerprint density at radius 2 is 1.67 bits per heavy atom. The molecule has 5 nitrogen and oxygen atoms in total. The maximum absolute atomic E-state index is 12.1. The predicted molar refractivity (Wildman–Crippen MR) is 107 cm³/mol. The van der Waals surface area contributed by atoms with Crippen LogP contribution in [0.25, 0.3) is 0 Å². The van der Waals surface area contributed by atoms with Gasteiger partial charge in [-0.3, -0.25) is 4.79 Å². The van der Waals surface area contributed by atoms with E-state index in [0.29, 0.717) is 33.6 Å². The third kappa shape index (κ3) is 6.77. The third-order valence-corrected chi connectivity index (χ3v) is 4.32. The molecule has 144 valence electrons. The van der Waals surface area contributed by atoms with Gasteiger partial charge in [0, 0.05) is 5.69 Å². The number of hydrogen-bond acceptors (Lipinski definition) is 5. The fourth-order valence-corrected chi connectivity index (χ4v) is 2.76. The Bertz CT molecular complexity index is 775. The first-order valence-corrected chi connectivity index (χ1v) is 9.37. The van der Waals surface area contributed by atoms with Gasteiger partial charge in [0.2, 0.25) is 0 Å². The highest BCUT2D eigenvalue weighted by Gasteiger charge is 2.13. The van der Waals surface area contributed by atoms with Crippen molar-refractivity contribution < 1.29 is 19.1 Å². The van der Waals surface area contributed by atoms with E-state index in [4.69, 9.17) is 32.7 Å². The molecule has 0 aromatic heterocycles. The van der Waals surface area contributed by atoms with Crippen molar-refractivity contribution in [3.8, 4) is 0 Å². The van der Waals surface area contributed by atoms with Gasteiger partial charge in [0.15, 0.2) is 6.61 Å². The van der Waals surface area contributed by atoms with Crippen LogP contribution in [0.1, 0.15) is 25.3 Å². The first kappa shape index (κ1) is 21.1. The highest BCUT2D eigenvalue weighted by Crippen LogP contribution is 2.33. The highest BCUT2D eigenvalue weighted by atomic mass is 35.5. The Kier molecular flexibility index (Phi) is 8.43. The zero-order chi connectivity index (χ0) is 19.6. The number of esters is 2. The Morgan fingerprint density at radius 1 is 0.963 bits per heavy atom. The third-order valence-electron chi connectivity index (χ3n) is 3.69. The lowest BCUT2D eigenvalue weighted by molar-refractivity contribution is -0.158. The van der Waals surface area contributed by atoms with Crippen LogP contribution in [0.3, 0.4) is 0 Å². The second-order valence-corrected chi connectivity index (χ2v) is 6.60. The van der Waals surface area contributed by atoms with Gasteiger partial charge in [0.1, 0.15) is 0 Å². The summed E-state index contributed by atoms with van der Waals surface area (Å²) in [6.07, 6.45) is 1.70. The number of rotatable bonds is 9. The molecule has 2 aromatic carbocycles. The summed E-state index contributed by atoms with van der Waals surface area (Å²) in [5.41, 5.74) is 1.92. The molecule has 0 heterocycles. The molecule has 0 fully saturated rings. The minimum Gasteiger partial charge on any atom is -0.463 e. The van der Waals surface area contributed by atoms with E-state index in [1.165, 1.54) is 0 Å². The second-order valence-electron chi connectivity index (χ2n) is 5.79. The van der Waals surface area contributed by atoms with Crippen molar-refractivity contribution in [1.29, 1.82) is 0 Å². The maximum Gasteiger partial charge on any atom is 0.344 e. The Balaban J connectivity index is 1.97. The number of hydrogen-bond donors (Lipinski definition) is 1. The van der Waals surface area contributed by atoms with Crippen LogP contribution in [0, 0.1) is 0 Å². The molecule has 0 saturated carbocycles. The van der Waals surface area contributed by atoms with E-state index in [0.717, 1.165) is 12.8 Å². The van der Waals surface area contributed by atoms with Crippen LogP contribution in [0.15, 0.2) is 42.5 Å². The van der Waals surface area contributed by atoms with Crippen molar-refractivity contribution in [1.82, 2.24) is 0 Å². The molecule has 0 amide bonds. The zero-order valence-corrected chi connectivity index (χ0v) is 16.5. The van der Waals surface area contributed by atoms with E-state index in [-0.39, 0.29) is 6.42 Å². The van der Waals surface area contributed by atoms with Crippen molar-refractivity contribution in [2.75, 3.05) is 18.5 Å². The van der Waals surface area contributed by atoms with E-state index < -0.39 is 18.5 Å². The Hall–Kier alpha value is -2.24. The lowest BCUT2D eigenvalue weighted by Gasteiger charge is -2.14. The number of unbranched alkanes of at least 4 members (excludes halogenated alkanes) is 1. The van der Waals surface area contributed by atoms with Crippen LogP contribution in [0.2, 0.25) is 10.0 Å². The summed E-state index contributed by atoms with van der Waals surface area (Å²) in [7, 11) is 0. The summed E-state index contributed by atoms with van der Waals surface area (Å²) >= 11 is 12.4. The molecule has 0 saturated heterocycles. The van der Waals surface area contributed by atoms with Gasteiger partial charge >= 0.3 is 11.9 Å². The lowest BCUT2D eigenvalue weighted by Crippen LogP contribution is -2.18. The number of ether oxygens (including phenoxy) is 2. The quantitative estimate of drug-likeness (QED) is 0.457. The molecule has 2 rings (SSSR count). The summed E-state index contributed by atoms with van der Waals surface area (Å²) in [6, 6.07) is 12.4. The summed E-state index contributed by atoms with van der Waals surface area (Å²) in [5, 5.41) is 4.08. The van der Waals surface area contributed by atoms with E-state index in [9.17, 15) is 9.59 Å². The van der Waals surface area contributed by atoms with Gasteiger partial charge in [-0.1, -0.05) is 60.8 Å². The molecule has 7 heteroatoms. The van der Waals surface area contributed by atoms with Crippen molar-refractivity contribution in [3.63, 3.8) is 0 Å². The van der Waals surface area contributed by atoms with E-state index in [1.54, 1.807) is 36.4 Å². The summed E-state index contributed by atoms with van der Waals surface area (Å²) < 4.78 is 9.95. The monoisotopic (exact) mass is 409 g/mol. The summed E-state index contributed by atoms with van der Waals surface area (Å²) in [5.74, 6) is -1.08. The van der Waals surface area contributed by atoms with Gasteiger partial charge in [-0.2, -0.15) is 0 Å². The van der Waals surface area contributed by atoms with Crippen molar-refractivity contribution >= 4 is 46.5 Å². The number of nitrogens with one attached hydrogen (secondary N) is 1. The minimum atomic E-state index is -0.550. The van der Waals surface area contributed by atoms with Gasteiger partial charge in [0.25, 0.3) is 0 Å². The molecule has 0 aliphatic heterocycles. The number of carbonyl (C=O) groups excluding carboxylic acids is 2. The summed E-state index contributed by atoms with van der Waals surface area (Å²) in [4.78, 5) is 23.6. The van der Waals surface area contributed by atoms with Gasteiger partial charge in [0.05, 0.1) is 28.8 Å². The largest absolute Gasteiger partial charge is 0.463 e. The van der Waals surface area contributed by atoms with Gasteiger partial charge in [-0.15, -0.1) is 0 Å². The van der Waals surface area contributed by atoms with Crippen LogP contribution in [-0.2, 0) is 25.5 Å². The van der Waals surface area contributed by atoms with Crippen LogP contribution < -0.4 is 5.32 Å². The highest BCUT2D eigenvalue weighted by molar-refractivity contribution is 6.39. The smallest absolute Gasteiger partial charge is 0.344 e. The first-order chi connectivity index (χ1) is 13.0. The fourth-order valence-electron chi connectivity index (χ4n) is 2.27. The van der Waals surface area contributed by atoms with Crippen molar-refractivity contribution in [2.24, 2.45) is 0 Å². The second kappa shape index (κ2) is 10.8. The normalized spacial score (nSPS) is 10.3. The van der Waals surface area contributed by atoms with Gasteiger partial charge in [-0.25, -0.2) is 4.79 Å². The number of carbonyl (C=O) groups is 2. The summed E-state index contributed by atoms with van der Waals surface area (Å²) in [6.45, 7) is 1.93. The van der Waals surface area contributed by atoms with Crippen LogP contribution in [0.5, 0.6) is 0 Å². The maximum atomic E-state index is 12.1. The Morgan fingerprint density at radius 3 is 2.37 bits per heavy atom. The molecule has 0 atom stereocenters. The Labute approximate surface area is 168 Å². The molecule has 0 radical (unpaired) electrons. The molecule has 0 aliphatic rings. The van der Waals surface area contributed by atoms with Crippen LogP contribution in [-0.4, -0.2) is 25.2 Å². The van der Waals surface area contributed by atoms with Gasteiger partial charge in [-0.05, 0) is 30.2 Å².